The van der Waals surface area contributed by atoms with E-state index in [1.807, 2.05) is 23.2 Å². The van der Waals surface area contributed by atoms with Gasteiger partial charge in [0.1, 0.15) is 5.82 Å². The lowest BCUT2D eigenvalue weighted by molar-refractivity contribution is -0.140. The zero-order valence-electron chi connectivity index (χ0n) is 12.0. The van der Waals surface area contributed by atoms with Gasteiger partial charge < -0.3 is 14.5 Å². The number of ether oxygens (including phenoxy) is 1. The Hall–Kier alpha value is -1.14. The Morgan fingerprint density at radius 1 is 1.19 bits per heavy atom. The number of morpholine rings is 1. The molecule has 2 aliphatic heterocycles. The number of nitrogens with zero attached hydrogens (tertiary/aromatic N) is 3. The van der Waals surface area contributed by atoms with Gasteiger partial charge in [0.05, 0.1) is 13.2 Å². The zero-order chi connectivity index (χ0) is 14.7. The van der Waals surface area contributed by atoms with Gasteiger partial charge in [0.2, 0.25) is 5.91 Å². The molecule has 0 spiro atoms. The van der Waals surface area contributed by atoms with Crippen LogP contribution in [0.4, 0.5) is 5.82 Å². The van der Waals surface area contributed by atoms with Crippen LogP contribution in [0.1, 0.15) is 12.8 Å². The number of pyridine rings is 1. The van der Waals surface area contributed by atoms with Crippen LogP contribution >= 0.6 is 15.9 Å². The number of aromatic nitrogens is 1. The molecule has 1 aromatic heterocycles. The van der Waals surface area contributed by atoms with Gasteiger partial charge in [-0.05, 0) is 40.9 Å². The molecular weight excluding hydrogens is 334 g/mol. The molecular formula is C15H20BrN3O2. The average molecular weight is 354 g/mol. The van der Waals surface area contributed by atoms with Crippen LogP contribution in [0.15, 0.2) is 22.8 Å². The first kappa shape index (κ1) is 14.8. The van der Waals surface area contributed by atoms with Crippen LogP contribution in [0.25, 0.3) is 0 Å². The molecule has 0 unspecified atom stereocenters. The Morgan fingerprint density at radius 2 is 1.90 bits per heavy atom. The number of rotatable bonds is 2. The van der Waals surface area contributed by atoms with Crippen LogP contribution in [0.3, 0.4) is 0 Å². The van der Waals surface area contributed by atoms with Crippen LogP contribution in [0.2, 0.25) is 0 Å². The van der Waals surface area contributed by atoms with E-state index in [4.69, 9.17) is 4.74 Å². The number of hydrogen-bond donors (Lipinski definition) is 0. The minimum Gasteiger partial charge on any atom is -0.378 e. The van der Waals surface area contributed by atoms with Gasteiger partial charge in [-0.3, -0.25) is 4.79 Å². The summed E-state index contributed by atoms with van der Waals surface area (Å²) in [5.74, 6) is 1.46. The Kier molecular flexibility index (Phi) is 4.75. The molecule has 0 bridgehead atoms. The van der Waals surface area contributed by atoms with Crippen molar-refractivity contribution in [2.24, 2.45) is 5.92 Å². The molecule has 3 rings (SSSR count). The monoisotopic (exact) mass is 353 g/mol. The van der Waals surface area contributed by atoms with Crippen molar-refractivity contribution in [3.63, 3.8) is 0 Å². The van der Waals surface area contributed by atoms with Crippen LogP contribution < -0.4 is 4.90 Å². The molecule has 1 aromatic rings. The van der Waals surface area contributed by atoms with Gasteiger partial charge >= 0.3 is 0 Å². The van der Waals surface area contributed by atoms with Crippen LogP contribution in [-0.4, -0.2) is 55.2 Å². The third-order valence-corrected chi connectivity index (χ3v) is 4.67. The summed E-state index contributed by atoms with van der Waals surface area (Å²) in [7, 11) is 0. The first-order chi connectivity index (χ1) is 10.2. The van der Waals surface area contributed by atoms with E-state index in [1.54, 1.807) is 0 Å². The van der Waals surface area contributed by atoms with E-state index in [9.17, 15) is 4.79 Å². The van der Waals surface area contributed by atoms with Gasteiger partial charge in [0, 0.05) is 42.8 Å². The number of anilines is 1. The van der Waals surface area contributed by atoms with Crippen molar-refractivity contribution in [1.29, 1.82) is 0 Å². The lowest BCUT2D eigenvalue weighted by atomic mass is 9.95. The molecule has 6 heteroatoms. The smallest absolute Gasteiger partial charge is 0.225 e. The van der Waals surface area contributed by atoms with E-state index in [0.717, 1.165) is 49.3 Å². The quantitative estimate of drug-likeness (QED) is 0.814. The fourth-order valence-corrected chi connectivity index (χ4v) is 3.19. The Balaban J connectivity index is 1.54. The predicted molar refractivity (Wildman–Crippen MR) is 84.3 cm³/mol. The highest BCUT2D eigenvalue weighted by atomic mass is 79.9. The number of halogens is 1. The third kappa shape index (κ3) is 3.55. The second-order valence-corrected chi connectivity index (χ2v) is 6.45. The van der Waals surface area contributed by atoms with Crippen LogP contribution in [0, 0.1) is 5.92 Å². The van der Waals surface area contributed by atoms with Crippen molar-refractivity contribution in [3.8, 4) is 0 Å². The van der Waals surface area contributed by atoms with E-state index >= 15 is 0 Å². The SMILES string of the molecule is O=C(C1CCN(c2ccc(Br)cn2)CC1)N1CCOCC1. The Bertz CT molecular complexity index is 480. The molecule has 0 saturated carbocycles. The van der Waals surface area contributed by atoms with Gasteiger partial charge in [-0.1, -0.05) is 0 Å². The van der Waals surface area contributed by atoms with Gasteiger partial charge in [-0.2, -0.15) is 0 Å². The maximum atomic E-state index is 12.5. The highest BCUT2D eigenvalue weighted by Gasteiger charge is 2.29. The van der Waals surface area contributed by atoms with Gasteiger partial charge in [0.15, 0.2) is 0 Å². The summed E-state index contributed by atoms with van der Waals surface area (Å²) < 4.78 is 6.30. The van der Waals surface area contributed by atoms with Crippen molar-refractivity contribution < 1.29 is 9.53 Å². The van der Waals surface area contributed by atoms with Crippen molar-refractivity contribution in [3.05, 3.63) is 22.8 Å². The fourth-order valence-electron chi connectivity index (χ4n) is 2.95. The summed E-state index contributed by atoms with van der Waals surface area (Å²) >= 11 is 3.40. The predicted octanol–water partition coefficient (Wildman–Crippen LogP) is 1.92. The maximum absolute atomic E-state index is 12.5. The van der Waals surface area contributed by atoms with Crippen LogP contribution in [-0.2, 0) is 9.53 Å². The molecule has 0 aromatic carbocycles. The normalized spacial score (nSPS) is 20.6. The highest BCUT2D eigenvalue weighted by Crippen LogP contribution is 2.24. The van der Waals surface area contributed by atoms with Crippen molar-refractivity contribution in [1.82, 2.24) is 9.88 Å². The first-order valence-corrected chi connectivity index (χ1v) is 8.26. The number of carbonyl (C=O) groups is 1. The number of piperidine rings is 1. The number of carbonyl (C=O) groups excluding carboxylic acids is 1. The van der Waals surface area contributed by atoms with E-state index < -0.39 is 0 Å². The fraction of sp³-hybridized carbons (Fsp3) is 0.600. The molecule has 2 fully saturated rings. The summed E-state index contributed by atoms with van der Waals surface area (Å²) in [5.41, 5.74) is 0. The summed E-state index contributed by atoms with van der Waals surface area (Å²) in [6, 6.07) is 4.03. The zero-order valence-corrected chi connectivity index (χ0v) is 13.6. The van der Waals surface area contributed by atoms with Crippen molar-refractivity contribution >= 4 is 27.7 Å². The molecule has 2 aliphatic rings. The minimum absolute atomic E-state index is 0.162. The lowest BCUT2D eigenvalue weighted by Crippen LogP contribution is -2.46. The van der Waals surface area contributed by atoms with Crippen molar-refractivity contribution in [2.75, 3.05) is 44.3 Å². The largest absolute Gasteiger partial charge is 0.378 e. The minimum atomic E-state index is 0.162. The number of hydrogen-bond acceptors (Lipinski definition) is 4. The van der Waals surface area contributed by atoms with E-state index in [0.29, 0.717) is 19.1 Å². The summed E-state index contributed by atoms with van der Waals surface area (Å²) in [6.45, 7) is 4.63. The maximum Gasteiger partial charge on any atom is 0.225 e. The standard InChI is InChI=1S/C15H20BrN3O2/c16-13-1-2-14(17-11-13)18-5-3-12(4-6-18)15(20)19-7-9-21-10-8-19/h1-2,11-12H,3-10H2. The second-order valence-electron chi connectivity index (χ2n) is 5.53. The summed E-state index contributed by atoms with van der Waals surface area (Å²) in [6.07, 6.45) is 3.64. The molecule has 5 nitrogen and oxygen atoms in total. The summed E-state index contributed by atoms with van der Waals surface area (Å²) in [4.78, 5) is 21.1. The molecule has 3 heterocycles. The molecule has 114 valence electrons. The summed E-state index contributed by atoms with van der Waals surface area (Å²) in [5, 5.41) is 0. The topological polar surface area (TPSA) is 45.7 Å². The van der Waals surface area contributed by atoms with E-state index in [1.165, 1.54) is 0 Å². The van der Waals surface area contributed by atoms with E-state index in [-0.39, 0.29) is 5.92 Å². The third-order valence-electron chi connectivity index (χ3n) is 4.20. The molecule has 0 radical (unpaired) electrons. The molecule has 1 amide bonds. The van der Waals surface area contributed by atoms with Gasteiger partial charge in [0.25, 0.3) is 0 Å². The molecule has 0 aliphatic carbocycles. The lowest BCUT2D eigenvalue weighted by Gasteiger charge is -2.36. The highest BCUT2D eigenvalue weighted by molar-refractivity contribution is 9.10. The van der Waals surface area contributed by atoms with E-state index in [2.05, 4.69) is 25.8 Å². The molecule has 0 atom stereocenters. The van der Waals surface area contributed by atoms with Crippen LogP contribution in [0.5, 0.6) is 0 Å². The Labute approximate surface area is 133 Å². The average Bonchev–Trinajstić information content (AvgIpc) is 2.56. The molecule has 2 saturated heterocycles. The second kappa shape index (κ2) is 6.75. The molecule has 0 N–H and O–H groups in total. The van der Waals surface area contributed by atoms with Gasteiger partial charge in [-0.15, -0.1) is 0 Å². The Morgan fingerprint density at radius 3 is 2.52 bits per heavy atom. The number of amides is 1. The van der Waals surface area contributed by atoms with Crippen molar-refractivity contribution in [2.45, 2.75) is 12.8 Å². The van der Waals surface area contributed by atoms with Gasteiger partial charge in [-0.25, -0.2) is 4.98 Å². The molecule has 21 heavy (non-hydrogen) atoms. The first-order valence-electron chi connectivity index (χ1n) is 7.47.